The number of nitrogens with one attached hydrogen (secondary N) is 1. The minimum absolute atomic E-state index is 0.463. The molecular weight excluding hydrogens is 134 g/mol. The van der Waals surface area contributed by atoms with Crippen molar-refractivity contribution < 1.29 is 0 Å². The third kappa shape index (κ3) is 4.20. The maximum absolute atomic E-state index is 3.81. The highest BCUT2D eigenvalue weighted by Gasteiger charge is 2.10. The van der Waals surface area contributed by atoms with Gasteiger partial charge < -0.3 is 5.32 Å². The average molecular weight is 155 g/mol. The maximum Gasteiger partial charge on any atom is 0.0272 e. The first-order valence-corrected chi connectivity index (χ1v) is 4.50. The Morgan fingerprint density at radius 1 is 1.36 bits per heavy atom. The lowest BCUT2D eigenvalue weighted by molar-refractivity contribution is 0.408. The normalized spacial score (nSPS) is 16.5. The maximum atomic E-state index is 3.81. The molecule has 0 heterocycles. The Kier molecular flexibility index (Phi) is 5.22. The van der Waals surface area contributed by atoms with Crippen LogP contribution in [0.15, 0.2) is 12.7 Å². The summed E-state index contributed by atoms with van der Waals surface area (Å²) < 4.78 is 0. The van der Waals surface area contributed by atoms with E-state index < -0.39 is 0 Å². The van der Waals surface area contributed by atoms with Crippen molar-refractivity contribution in [2.45, 2.75) is 46.2 Å². The molecule has 0 aliphatic heterocycles. The average Bonchev–Trinajstić information content (AvgIpc) is 1.99. The van der Waals surface area contributed by atoms with Gasteiger partial charge in [0.05, 0.1) is 0 Å². The van der Waals surface area contributed by atoms with Crippen LogP contribution in [0.4, 0.5) is 0 Å². The van der Waals surface area contributed by atoms with Crippen molar-refractivity contribution in [2.75, 3.05) is 0 Å². The molecule has 1 N–H and O–H groups in total. The van der Waals surface area contributed by atoms with Gasteiger partial charge in [-0.25, -0.2) is 0 Å². The van der Waals surface area contributed by atoms with Gasteiger partial charge in [0.2, 0.25) is 0 Å². The molecule has 0 aromatic heterocycles. The predicted molar refractivity (Wildman–Crippen MR) is 51.7 cm³/mol. The van der Waals surface area contributed by atoms with Crippen molar-refractivity contribution >= 4 is 0 Å². The molecule has 0 amide bonds. The first-order chi connectivity index (χ1) is 5.11. The van der Waals surface area contributed by atoms with E-state index in [0.29, 0.717) is 18.0 Å². The zero-order valence-corrected chi connectivity index (χ0v) is 8.22. The van der Waals surface area contributed by atoms with Crippen molar-refractivity contribution in [3.05, 3.63) is 12.7 Å². The minimum Gasteiger partial charge on any atom is -0.308 e. The molecule has 2 atom stereocenters. The van der Waals surface area contributed by atoms with E-state index in [2.05, 4.69) is 39.6 Å². The van der Waals surface area contributed by atoms with Crippen molar-refractivity contribution in [1.29, 1.82) is 0 Å². The summed E-state index contributed by atoms with van der Waals surface area (Å²) in [5.41, 5.74) is 0. The quantitative estimate of drug-likeness (QED) is 0.602. The first kappa shape index (κ1) is 10.7. The van der Waals surface area contributed by atoms with E-state index in [1.165, 1.54) is 6.42 Å². The Balaban J connectivity index is 3.77. The van der Waals surface area contributed by atoms with E-state index in [1.54, 1.807) is 0 Å². The molecule has 0 aliphatic carbocycles. The molecule has 1 heteroatoms. The second kappa shape index (κ2) is 5.36. The zero-order valence-electron chi connectivity index (χ0n) is 8.22. The number of hydrogen-bond donors (Lipinski definition) is 1. The van der Waals surface area contributed by atoms with Gasteiger partial charge in [0.1, 0.15) is 0 Å². The largest absolute Gasteiger partial charge is 0.308 e. The fourth-order valence-corrected chi connectivity index (χ4v) is 0.979. The van der Waals surface area contributed by atoms with Gasteiger partial charge in [-0.1, -0.05) is 26.8 Å². The smallest absolute Gasteiger partial charge is 0.0272 e. The van der Waals surface area contributed by atoms with E-state index in [4.69, 9.17) is 0 Å². The van der Waals surface area contributed by atoms with Gasteiger partial charge >= 0.3 is 0 Å². The van der Waals surface area contributed by atoms with Crippen molar-refractivity contribution in [2.24, 2.45) is 5.92 Å². The lowest BCUT2D eigenvalue weighted by Crippen LogP contribution is -2.38. The molecule has 0 saturated heterocycles. The summed E-state index contributed by atoms with van der Waals surface area (Å²) in [6.07, 6.45) is 3.17. The van der Waals surface area contributed by atoms with Crippen LogP contribution in [-0.2, 0) is 0 Å². The molecule has 0 rings (SSSR count). The highest BCUT2D eigenvalue weighted by Crippen LogP contribution is 2.04. The van der Waals surface area contributed by atoms with E-state index >= 15 is 0 Å². The SMILES string of the molecule is C=CC(NC(C)CC)C(C)C. The Hall–Kier alpha value is -0.300. The molecule has 0 bridgehead atoms. The van der Waals surface area contributed by atoms with E-state index in [0.717, 1.165) is 0 Å². The Morgan fingerprint density at radius 2 is 1.91 bits per heavy atom. The van der Waals surface area contributed by atoms with Gasteiger partial charge in [0, 0.05) is 12.1 Å². The van der Waals surface area contributed by atoms with Crippen LogP contribution in [0.2, 0.25) is 0 Å². The lowest BCUT2D eigenvalue weighted by Gasteiger charge is -2.22. The highest BCUT2D eigenvalue weighted by molar-refractivity contribution is 4.89. The van der Waals surface area contributed by atoms with Gasteiger partial charge in [0.15, 0.2) is 0 Å². The predicted octanol–water partition coefficient (Wildman–Crippen LogP) is 2.59. The molecule has 0 spiro atoms. The fraction of sp³-hybridized carbons (Fsp3) is 0.800. The van der Waals surface area contributed by atoms with Crippen molar-refractivity contribution in [3.8, 4) is 0 Å². The van der Waals surface area contributed by atoms with E-state index in [9.17, 15) is 0 Å². The third-order valence-electron chi connectivity index (χ3n) is 2.06. The van der Waals surface area contributed by atoms with Gasteiger partial charge in [-0.3, -0.25) is 0 Å². The molecule has 66 valence electrons. The monoisotopic (exact) mass is 155 g/mol. The summed E-state index contributed by atoms with van der Waals surface area (Å²) in [5.74, 6) is 0.640. The van der Waals surface area contributed by atoms with Crippen LogP contribution in [0.5, 0.6) is 0 Å². The van der Waals surface area contributed by atoms with Crippen LogP contribution in [0, 0.1) is 5.92 Å². The summed E-state index contributed by atoms with van der Waals surface area (Å²) in [6.45, 7) is 12.6. The molecule has 0 radical (unpaired) electrons. The van der Waals surface area contributed by atoms with Crippen LogP contribution >= 0.6 is 0 Å². The molecule has 1 nitrogen and oxygen atoms in total. The molecule has 2 unspecified atom stereocenters. The van der Waals surface area contributed by atoms with Crippen molar-refractivity contribution in [1.82, 2.24) is 5.32 Å². The molecule has 0 fully saturated rings. The standard InChI is InChI=1S/C10H21N/c1-6-9(5)11-10(7-2)8(3)4/h7-11H,2,6H2,1,3-5H3. The van der Waals surface area contributed by atoms with E-state index in [1.807, 2.05) is 6.08 Å². The van der Waals surface area contributed by atoms with Crippen LogP contribution in [-0.4, -0.2) is 12.1 Å². The zero-order chi connectivity index (χ0) is 8.85. The highest BCUT2D eigenvalue weighted by atomic mass is 14.9. The lowest BCUT2D eigenvalue weighted by atomic mass is 10.0. The Labute approximate surface area is 70.9 Å². The molecule has 0 aromatic rings. The first-order valence-electron chi connectivity index (χ1n) is 4.50. The Bertz CT molecular complexity index is 107. The van der Waals surface area contributed by atoms with Crippen LogP contribution in [0.1, 0.15) is 34.1 Å². The van der Waals surface area contributed by atoms with Crippen LogP contribution in [0.25, 0.3) is 0 Å². The van der Waals surface area contributed by atoms with Gasteiger partial charge in [-0.05, 0) is 19.3 Å². The number of hydrogen-bond acceptors (Lipinski definition) is 1. The molecule has 0 aliphatic rings. The van der Waals surface area contributed by atoms with Crippen LogP contribution in [0.3, 0.4) is 0 Å². The van der Waals surface area contributed by atoms with Crippen molar-refractivity contribution in [3.63, 3.8) is 0 Å². The van der Waals surface area contributed by atoms with Gasteiger partial charge in [-0.15, -0.1) is 6.58 Å². The summed E-state index contributed by atoms with van der Waals surface area (Å²) in [6, 6.07) is 1.06. The molecular formula is C10H21N. The molecule has 0 aromatic carbocycles. The second-order valence-electron chi connectivity index (χ2n) is 3.48. The van der Waals surface area contributed by atoms with Gasteiger partial charge in [0.25, 0.3) is 0 Å². The number of rotatable bonds is 5. The van der Waals surface area contributed by atoms with Crippen LogP contribution < -0.4 is 5.32 Å². The summed E-state index contributed by atoms with van der Waals surface area (Å²) >= 11 is 0. The van der Waals surface area contributed by atoms with Gasteiger partial charge in [-0.2, -0.15) is 0 Å². The van der Waals surface area contributed by atoms with E-state index in [-0.39, 0.29) is 0 Å². The third-order valence-corrected chi connectivity index (χ3v) is 2.06. The summed E-state index contributed by atoms with van der Waals surface area (Å²) in [4.78, 5) is 0. The summed E-state index contributed by atoms with van der Waals surface area (Å²) in [5, 5.41) is 3.50. The topological polar surface area (TPSA) is 12.0 Å². The molecule has 11 heavy (non-hydrogen) atoms. The summed E-state index contributed by atoms with van der Waals surface area (Å²) in [7, 11) is 0. The Morgan fingerprint density at radius 3 is 2.18 bits per heavy atom. The molecule has 0 saturated carbocycles. The minimum atomic E-state index is 0.463. The fourth-order valence-electron chi connectivity index (χ4n) is 0.979. The second-order valence-corrected chi connectivity index (χ2v) is 3.48.